The number of benzene rings is 2. The number of hydrogen-bond donors (Lipinski definition) is 0. The summed E-state index contributed by atoms with van der Waals surface area (Å²) < 4.78 is 30.5. The van der Waals surface area contributed by atoms with Crippen LogP contribution in [-0.4, -0.2) is 58.8 Å². The number of para-hydroxylation sites is 1. The van der Waals surface area contributed by atoms with Gasteiger partial charge < -0.3 is 0 Å². The van der Waals surface area contributed by atoms with E-state index in [-0.39, 0.29) is 12.1 Å². The Kier molecular flexibility index (Phi) is 7.78. The van der Waals surface area contributed by atoms with Crippen molar-refractivity contribution in [2.45, 2.75) is 52.2 Å². The largest absolute Gasteiger partial charge is 0.299 e. The van der Waals surface area contributed by atoms with Crippen molar-refractivity contribution in [1.82, 2.24) is 9.21 Å². The molecule has 2 aliphatic rings. The first-order chi connectivity index (χ1) is 15.9. The lowest BCUT2D eigenvalue weighted by molar-refractivity contribution is 0.0878. The van der Waals surface area contributed by atoms with Gasteiger partial charge in [-0.1, -0.05) is 49.4 Å². The number of alkyl halides is 2. The molecular formula is C25H31F2N5S. The minimum atomic E-state index is -2.55. The van der Waals surface area contributed by atoms with Gasteiger partial charge in [0.25, 0.3) is 6.43 Å². The highest BCUT2D eigenvalue weighted by Crippen LogP contribution is 2.30. The van der Waals surface area contributed by atoms with E-state index in [1.807, 2.05) is 18.2 Å². The fraction of sp³-hybridized carbons (Fsp3) is 0.440. The average molecular weight is 472 g/mol. The lowest BCUT2D eigenvalue weighted by atomic mass is 10.0. The second kappa shape index (κ2) is 10.8. The first-order valence-corrected chi connectivity index (χ1v) is 12.2. The van der Waals surface area contributed by atoms with Crippen molar-refractivity contribution in [2.24, 2.45) is 10.2 Å². The zero-order valence-corrected chi connectivity index (χ0v) is 20.2. The number of piperazine rings is 1. The maximum Gasteiger partial charge on any atom is 0.278 e. The molecule has 0 aromatic heterocycles. The van der Waals surface area contributed by atoms with Gasteiger partial charge >= 0.3 is 0 Å². The molecule has 0 amide bonds. The van der Waals surface area contributed by atoms with Gasteiger partial charge in [-0.3, -0.25) is 9.21 Å². The van der Waals surface area contributed by atoms with Crippen LogP contribution in [-0.2, 0) is 6.54 Å². The number of anilines is 1. The molecule has 2 aliphatic heterocycles. The Balaban J connectivity index is 1.45. The first kappa shape index (κ1) is 23.9. The summed E-state index contributed by atoms with van der Waals surface area (Å²) in [4.78, 5) is 2.55. The third-order valence-corrected chi connectivity index (χ3v) is 7.27. The Bertz CT molecular complexity index is 968. The summed E-state index contributed by atoms with van der Waals surface area (Å²) in [6.45, 7) is 10.7. The van der Waals surface area contributed by atoms with E-state index in [1.165, 1.54) is 0 Å². The smallest absolute Gasteiger partial charge is 0.278 e. The van der Waals surface area contributed by atoms with Gasteiger partial charge in [-0.25, -0.2) is 13.1 Å². The maximum absolute atomic E-state index is 12.9. The monoisotopic (exact) mass is 471 g/mol. The molecule has 0 spiro atoms. The molecule has 2 unspecified atom stereocenters. The highest BCUT2D eigenvalue weighted by Gasteiger charge is 2.30. The zero-order chi connectivity index (χ0) is 23.4. The molecule has 0 saturated carbocycles. The van der Waals surface area contributed by atoms with Crippen LogP contribution in [0.25, 0.3) is 0 Å². The van der Waals surface area contributed by atoms with Gasteiger partial charge in [-0.05, 0) is 43.7 Å². The van der Waals surface area contributed by atoms with E-state index in [0.717, 1.165) is 43.0 Å². The van der Waals surface area contributed by atoms with E-state index in [1.54, 1.807) is 12.1 Å². The molecule has 176 valence electrons. The second-order valence-electron chi connectivity index (χ2n) is 8.64. The molecule has 2 aromatic carbocycles. The van der Waals surface area contributed by atoms with Crippen molar-refractivity contribution in [2.75, 3.05) is 23.9 Å². The standard InChI is InChI=1S/C25H31F2N5S/c1-4-31-18(2)15-30(16-19(31)3)33-32(22-8-6-5-7-9-22)17-20-10-12-21(13-11-20)23-14-24(25(26)27)29-28-23/h5-13,18-19,25H,4,14-17H2,1-3H3. The normalized spacial score (nSPS) is 21.9. The van der Waals surface area contributed by atoms with Crippen molar-refractivity contribution in [1.29, 1.82) is 0 Å². The van der Waals surface area contributed by atoms with Gasteiger partial charge in [0.2, 0.25) is 0 Å². The summed E-state index contributed by atoms with van der Waals surface area (Å²) >= 11 is 1.78. The molecule has 33 heavy (non-hydrogen) atoms. The first-order valence-electron chi connectivity index (χ1n) is 11.5. The molecule has 1 saturated heterocycles. The van der Waals surface area contributed by atoms with Crippen LogP contribution < -0.4 is 4.31 Å². The van der Waals surface area contributed by atoms with Crippen LogP contribution in [0.4, 0.5) is 14.5 Å². The van der Waals surface area contributed by atoms with Crippen molar-refractivity contribution >= 4 is 29.2 Å². The highest BCUT2D eigenvalue weighted by molar-refractivity contribution is 7.98. The molecular weight excluding hydrogens is 440 g/mol. The Morgan fingerprint density at radius 1 is 1.00 bits per heavy atom. The van der Waals surface area contributed by atoms with Crippen LogP contribution >= 0.6 is 12.1 Å². The van der Waals surface area contributed by atoms with Crippen LogP contribution in [0.15, 0.2) is 64.8 Å². The van der Waals surface area contributed by atoms with E-state index in [4.69, 9.17) is 0 Å². The Morgan fingerprint density at radius 3 is 2.24 bits per heavy atom. The van der Waals surface area contributed by atoms with Crippen LogP contribution in [0.1, 0.15) is 38.3 Å². The highest BCUT2D eigenvalue weighted by atomic mass is 32.2. The number of rotatable bonds is 8. The van der Waals surface area contributed by atoms with Crippen molar-refractivity contribution in [3.63, 3.8) is 0 Å². The third kappa shape index (κ3) is 5.80. The molecule has 2 atom stereocenters. The van der Waals surface area contributed by atoms with E-state index in [9.17, 15) is 8.78 Å². The molecule has 0 N–H and O–H groups in total. The Labute approximate surface area is 199 Å². The summed E-state index contributed by atoms with van der Waals surface area (Å²) in [5.41, 5.74) is 3.59. The van der Waals surface area contributed by atoms with Crippen molar-refractivity contribution in [3.05, 3.63) is 65.7 Å². The molecule has 0 bridgehead atoms. The van der Waals surface area contributed by atoms with Crippen LogP contribution in [0.5, 0.6) is 0 Å². The lowest BCUT2D eigenvalue weighted by Gasteiger charge is -2.44. The SMILES string of the molecule is CCN1C(C)CN(SN(Cc2ccc(C3=NN=C(C(F)F)C3)cc2)c2ccccc2)CC1C. The molecule has 0 radical (unpaired) electrons. The number of likely N-dealkylation sites (N-methyl/N-ethyl adjacent to an activating group) is 1. The van der Waals surface area contributed by atoms with Crippen LogP contribution in [0.3, 0.4) is 0 Å². The average Bonchev–Trinajstić information content (AvgIpc) is 3.30. The van der Waals surface area contributed by atoms with E-state index in [0.29, 0.717) is 17.8 Å². The number of hydrogen-bond acceptors (Lipinski definition) is 6. The topological polar surface area (TPSA) is 34.4 Å². The van der Waals surface area contributed by atoms with Gasteiger partial charge in [0.15, 0.2) is 0 Å². The Morgan fingerprint density at radius 2 is 1.67 bits per heavy atom. The van der Waals surface area contributed by atoms with Crippen molar-refractivity contribution < 1.29 is 8.78 Å². The predicted octanol–water partition coefficient (Wildman–Crippen LogP) is 5.48. The second-order valence-corrected chi connectivity index (χ2v) is 9.76. The van der Waals surface area contributed by atoms with Gasteiger partial charge in [-0.15, -0.1) is 0 Å². The molecule has 1 fully saturated rings. The van der Waals surface area contributed by atoms with E-state index in [2.05, 4.69) is 80.9 Å². The van der Waals surface area contributed by atoms with Crippen molar-refractivity contribution in [3.8, 4) is 0 Å². The molecule has 8 heteroatoms. The number of halogens is 2. The summed E-state index contributed by atoms with van der Waals surface area (Å²) in [5, 5.41) is 7.58. The molecule has 4 rings (SSSR count). The van der Waals surface area contributed by atoms with Gasteiger partial charge in [0.05, 0.1) is 12.3 Å². The van der Waals surface area contributed by atoms with Gasteiger partial charge in [-0.2, -0.15) is 10.2 Å². The molecule has 2 heterocycles. The Hall–Kier alpha value is -2.29. The summed E-state index contributed by atoms with van der Waals surface area (Å²) in [5.74, 6) is 0. The minimum Gasteiger partial charge on any atom is -0.299 e. The predicted molar refractivity (Wildman–Crippen MR) is 134 cm³/mol. The van der Waals surface area contributed by atoms with Gasteiger partial charge in [0.1, 0.15) is 5.71 Å². The van der Waals surface area contributed by atoms with Crippen LogP contribution in [0.2, 0.25) is 0 Å². The fourth-order valence-corrected chi connectivity index (χ4v) is 5.78. The minimum absolute atomic E-state index is 0.114. The number of nitrogens with zero attached hydrogens (tertiary/aromatic N) is 5. The summed E-state index contributed by atoms with van der Waals surface area (Å²) in [7, 11) is 0. The van der Waals surface area contributed by atoms with E-state index >= 15 is 0 Å². The summed E-state index contributed by atoms with van der Waals surface area (Å²) in [6.07, 6.45) is -2.44. The van der Waals surface area contributed by atoms with Crippen LogP contribution in [0, 0.1) is 0 Å². The lowest BCUT2D eigenvalue weighted by Crippen LogP contribution is -2.55. The maximum atomic E-state index is 12.9. The quantitative estimate of drug-likeness (QED) is 0.477. The molecule has 5 nitrogen and oxygen atoms in total. The fourth-order valence-electron chi connectivity index (χ4n) is 4.51. The zero-order valence-electron chi connectivity index (χ0n) is 19.4. The molecule has 2 aromatic rings. The third-order valence-electron chi connectivity index (χ3n) is 6.20. The van der Waals surface area contributed by atoms with Gasteiger partial charge in [0, 0.05) is 49.4 Å². The molecule has 0 aliphatic carbocycles. The van der Waals surface area contributed by atoms with E-state index < -0.39 is 6.43 Å². The summed E-state index contributed by atoms with van der Waals surface area (Å²) in [6, 6.07) is 19.4.